The monoisotopic (exact) mass is 270 g/mol. The number of ether oxygens (including phenoxy) is 1. The Kier molecular flexibility index (Phi) is 2.26. The molecule has 1 aromatic carbocycles. The molecule has 20 heavy (non-hydrogen) atoms. The molecule has 1 aliphatic heterocycles. The molecule has 3 heterocycles. The minimum absolute atomic E-state index is 0.108. The molecule has 6 heteroatoms. The Morgan fingerprint density at radius 1 is 1.45 bits per heavy atom. The van der Waals surface area contributed by atoms with Crippen LogP contribution < -0.4 is 10.5 Å². The first kappa shape index (κ1) is 11.3. The maximum absolute atomic E-state index is 5.87. The third kappa shape index (κ3) is 1.44. The first-order chi connectivity index (χ1) is 9.75. The van der Waals surface area contributed by atoms with Crippen molar-refractivity contribution in [1.29, 1.82) is 0 Å². The van der Waals surface area contributed by atoms with Crippen molar-refractivity contribution in [3.05, 3.63) is 35.7 Å². The van der Waals surface area contributed by atoms with E-state index in [4.69, 9.17) is 15.0 Å². The third-order valence-electron chi connectivity index (χ3n) is 3.85. The van der Waals surface area contributed by atoms with Gasteiger partial charge in [0.25, 0.3) is 0 Å². The van der Waals surface area contributed by atoms with Crippen LogP contribution >= 0.6 is 0 Å². The minimum atomic E-state index is 0.108. The standard InChI is InChI=1S/C14H14N4O2/c1-8(18-5-2-4-16-18)10-7-11-12(14(15)17-20-11)13-9(10)3-6-19-13/h2,4-5,7-8H,3,6H2,1H3,(H2,15,17). The van der Waals surface area contributed by atoms with Gasteiger partial charge in [-0.3, -0.25) is 4.68 Å². The molecule has 0 saturated heterocycles. The van der Waals surface area contributed by atoms with Crippen LogP contribution in [0.15, 0.2) is 29.0 Å². The summed E-state index contributed by atoms with van der Waals surface area (Å²) in [5, 5.41) is 8.93. The molecule has 0 amide bonds. The van der Waals surface area contributed by atoms with E-state index in [2.05, 4.69) is 17.2 Å². The third-order valence-corrected chi connectivity index (χ3v) is 3.85. The Balaban J connectivity index is 1.97. The normalized spacial score (nSPS) is 15.2. The first-order valence-corrected chi connectivity index (χ1v) is 6.58. The maximum Gasteiger partial charge on any atom is 0.178 e. The number of rotatable bonds is 2. The molecule has 1 unspecified atom stereocenters. The van der Waals surface area contributed by atoms with Crippen LogP contribution in [0.25, 0.3) is 11.0 Å². The van der Waals surface area contributed by atoms with Gasteiger partial charge in [-0.1, -0.05) is 5.16 Å². The summed E-state index contributed by atoms with van der Waals surface area (Å²) >= 11 is 0. The van der Waals surface area contributed by atoms with Crippen molar-refractivity contribution in [3.63, 3.8) is 0 Å². The molecule has 1 aliphatic rings. The number of aromatic nitrogens is 3. The summed E-state index contributed by atoms with van der Waals surface area (Å²) in [5.74, 6) is 1.20. The number of nitrogen functional groups attached to an aromatic ring is 1. The molecule has 102 valence electrons. The molecule has 0 bridgehead atoms. The molecule has 0 saturated carbocycles. The minimum Gasteiger partial charge on any atom is -0.492 e. The van der Waals surface area contributed by atoms with Gasteiger partial charge in [0.2, 0.25) is 0 Å². The van der Waals surface area contributed by atoms with Crippen molar-refractivity contribution in [2.24, 2.45) is 0 Å². The van der Waals surface area contributed by atoms with Crippen molar-refractivity contribution in [2.45, 2.75) is 19.4 Å². The fraction of sp³-hybridized carbons (Fsp3) is 0.286. The Bertz CT molecular complexity index is 776. The fourth-order valence-corrected chi connectivity index (χ4v) is 2.85. The highest BCUT2D eigenvalue weighted by molar-refractivity contribution is 5.95. The second-order valence-corrected chi connectivity index (χ2v) is 4.97. The zero-order valence-electron chi connectivity index (χ0n) is 11.0. The van der Waals surface area contributed by atoms with Crippen LogP contribution in [0.2, 0.25) is 0 Å². The van der Waals surface area contributed by atoms with Crippen molar-refractivity contribution >= 4 is 16.8 Å². The number of hydrogen-bond donors (Lipinski definition) is 1. The van der Waals surface area contributed by atoms with Crippen molar-refractivity contribution in [2.75, 3.05) is 12.3 Å². The lowest BCUT2D eigenvalue weighted by molar-refractivity contribution is 0.360. The molecular weight excluding hydrogens is 256 g/mol. The van der Waals surface area contributed by atoms with Gasteiger partial charge in [0.05, 0.1) is 12.6 Å². The van der Waals surface area contributed by atoms with Crippen LogP contribution in [0.1, 0.15) is 24.1 Å². The van der Waals surface area contributed by atoms with Crippen LogP contribution in [0.3, 0.4) is 0 Å². The quantitative estimate of drug-likeness (QED) is 0.771. The molecule has 6 nitrogen and oxygen atoms in total. The summed E-state index contributed by atoms with van der Waals surface area (Å²) in [7, 11) is 0. The zero-order valence-corrected chi connectivity index (χ0v) is 11.0. The van der Waals surface area contributed by atoms with Crippen molar-refractivity contribution in [3.8, 4) is 5.75 Å². The van der Waals surface area contributed by atoms with E-state index in [1.54, 1.807) is 6.20 Å². The van der Waals surface area contributed by atoms with E-state index < -0.39 is 0 Å². The number of nitrogens with zero attached hydrogens (tertiary/aromatic N) is 3. The highest BCUT2D eigenvalue weighted by Crippen LogP contribution is 2.42. The summed E-state index contributed by atoms with van der Waals surface area (Å²) in [6.07, 6.45) is 4.60. The van der Waals surface area contributed by atoms with Gasteiger partial charge < -0.3 is 15.0 Å². The van der Waals surface area contributed by atoms with Gasteiger partial charge in [-0.25, -0.2) is 0 Å². The summed E-state index contributed by atoms with van der Waals surface area (Å²) in [6, 6.07) is 4.02. The molecule has 1 atom stereocenters. The second-order valence-electron chi connectivity index (χ2n) is 4.97. The second kappa shape index (κ2) is 4.00. The summed E-state index contributed by atoms with van der Waals surface area (Å²) < 4.78 is 13.0. The molecule has 0 aliphatic carbocycles. The molecule has 0 fully saturated rings. The van der Waals surface area contributed by atoms with Gasteiger partial charge >= 0.3 is 0 Å². The van der Waals surface area contributed by atoms with E-state index in [1.807, 2.05) is 23.0 Å². The highest BCUT2D eigenvalue weighted by Gasteiger charge is 2.26. The predicted molar refractivity (Wildman–Crippen MR) is 73.7 cm³/mol. The molecule has 0 spiro atoms. The van der Waals surface area contributed by atoms with E-state index in [9.17, 15) is 0 Å². The fourth-order valence-electron chi connectivity index (χ4n) is 2.85. The molecule has 3 aromatic rings. The van der Waals surface area contributed by atoms with Crippen LogP contribution in [-0.4, -0.2) is 21.5 Å². The summed E-state index contributed by atoms with van der Waals surface area (Å²) in [4.78, 5) is 0. The van der Waals surface area contributed by atoms with Crippen LogP contribution in [0.5, 0.6) is 5.75 Å². The average Bonchev–Trinajstić information content (AvgIpc) is 3.17. The Morgan fingerprint density at radius 2 is 2.35 bits per heavy atom. The average molecular weight is 270 g/mol. The smallest absolute Gasteiger partial charge is 0.178 e. The van der Waals surface area contributed by atoms with Crippen molar-refractivity contribution < 1.29 is 9.26 Å². The largest absolute Gasteiger partial charge is 0.492 e. The molecule has 0 radical (unpaired) electrons. The van der Waals surface area contributed by atoms with Gasteiger partial charge in [0.1, 0.15) is 11.1 Å². The van der Waals surface area contributed by atoms with Crippen LogP contribution in [0.4, 0.5) is 5.82 Å². The van der Waals surface area contributed by atoms with Crippen molar-refractivity contribution in [1.82, 2.24) is 14.9 Å². The molecule has 2 aromatic heterocycles. The number of anilines is 1. The van der Waals surface area contributed by atoms with Gasteiger partial charge in [-0.2, -0.15) is 5.10 Å². The highest BCUT2D eigenvalue weighted by atomic mass is 16.5. The number of nitrogens with two attached hydrogens (primary N) is 1. The van der Waals surface area contributed by atoms with E-state index in [0.29, 0.717) is 18.0 Å². The first-order valence-electron chi connectivity index (χ1n) is 6.58. The van der Waals surface area contributed by atoms with E-state index in [-0.39, 0.29) is 6.04 Å². The Labute approximate surface area is 115 Å². The lowest BCUT2D eigenvalue weighted by Gasteiger charge is -2.16. The lowest BCUT2D eigenvalue weighted by atomic mass is 9.97. The number of benzene rings is 1. The van der Waals surface area contributed by atoms with Gasteiger partial charge in [0.15, 0.2) is 11.4 Å². The molecule has 2 N–H and O–H groups in total. The van der Waals surface area contributed by atoms with Crippen LogP contribution in [0, 0.1) is 0 Å². The SMILES string of the molecule is CC(c1cc2onc(N)c2c2c1CCO2)n1cccn1. The number of hydrogen-bond acceptors (Lipinski definition) is 5. The zero-order chi connectivity index (χ0) is 13.7. The topological polar surface area (TPSA) is 79.1 Å². The summed E-state index contributed by atoms with van der Waals surface area (Å²) in [5.41, 5.74) is 8.85. The van der Waals surface area contributed by atoms with Gasteiger partial charge in [-0.05, 0) is 24.6 Å². The summed E-state index contributed by atoms with van der Waals surface area (Å²) in [6.45, 7) is 2.77. The number of fused-ring (bicyclic) bond motifs is 3. The van der Waals surface area contributed by atoms with Gasteiger partial charge in [0, 0.05) is 24.4 Å². The molecule has 4 rings (SSSR count). The van der Waals surface area contributed by atoms with Gasteiger partial charge in [-0.15, -0.1) is 0 Å². The Hall–Kier alpha value is -2.50. The Morgan fingerprint density at radius 3 is 3.15 bits per heavy atom. The lowest BCUT2D eigenvalue weighted by Crippen LogP contribution is -2.09. The van der Waals surface area contributed by atoms with E-state index in [1.165, 1.54) is 5.56 Å². The molecular formula is C14H14N4O2. The van der Waals surface area contributed by atoms with Crippen LogP contribution in [-0.2, 0) is 6.42 Å². The van der Waals surface area contributed by atoms with E-state index >= 15 is 0 Å². The van der Waals surface area contributed by atoms with E-state index in [0.717, 1.165) is 23.1 Å². The maximum atomic E-state index is 5.87. The predicted octanol–water partition coefficient (Wildman–Crippen LogP) is 2.15.